The molecule has 1 aromatic carbocycles. The molecule has 1 unspecified atom stereocenters. The summed E-state index contributed by atoms with van der Waals surface area (Å²) >= 11 is 0. The van der Waals surface area contributed by atoms with Gasteiger partial charge >= 0.3 is 6.61 Å². The molecule has 1 saturated carbocycles. The van der Waals surface area contributed by atoms with Crippen LogP contribution in [0, 0.1) is 11.3 Å². The van der Waals surface area contributed by atoms with Crippen molar-refractivity contribution in [3.05, 3.63) is 48.7 Å². The summed E-state index contributed by atoms with van der Waals surface area (Å²) in [6.45, 7) is 1.16. The summed E-state index contributed by atoms with van der Waals surface area (Å²) < 4.78 is 50.6. The van der Waals surface area contributed by atoms with Crippen LogP contribution in [0.25, 0.3) is 11.1 Å². The summed E-state index contributed by atoms with van der Waals surface area (Å²) in [5.74, 6) is 1.10. The fraction of sp³-hybridized carbons (Fsp3) is 0.559. The molecular weight excluding hydrogens is 664 g/mol. The molecule has 0 radical (unpaired) electrons. The van der Waals surface area contributed by atoms with Crippen LogP contribution in [0.15, 0.2) is 43.1 Å². The smallest absolute Gasteiger partial charge is 0.345 e. The molecule has 2 saturated heterocycles. The Balaban J connectivity index is 1.02. The number of hydrogen-bond acceptors (Lipinski definition) is 13. The molecule has 3 aliphatic rings. The van der Waals surface area contributed by atoms with E-state index in [0.717, 1.165) is 50.0 Å². The average molecular weight is 706 g/mol. The maximum Gasteiger partial charge on any atom is 0.345 e. The van der Waals surface area contributed by atoms with Gasteiger partial charge in [0.25, 0.3) is 5.88 Å². The molecule has 2 aliphatic heterocycles. The van der Waals surface area contributed by atoms with Gasteiger partial charge in [-0.15, -0.1) is 10.2 Å². The molecule has 1 N–H and O–H groups in total. The Hall–Kier alpha value is -4.79. The average Bonchev–Trinajstić information content (AvgIpc) is 3.86. The normalized spacial score (nSPS) is 22.5. The summed E-state index contributed by atoms with van der Waals surface area (Å²) in [5, 5.41) is 28.8. The van der Waals surface area contributed by atoms with E-state index in [1.807, 2.05) is 23.9 Å². The summed E-state index contributed by atoms with van der Waals surface area (Å²) in [5.41, 5.74) is 2.47. The number of aromatic nitrogens is 8. The minimum atomic E-state index is -2.82. The lowest BCUT2D eigenvalue weighted by Crippen LogP contribution is -2.52. The van der Waals surface area contributed by atoms with E-state index in [1.54, 1.807) is 29.2 Å². The maximum atomic E-state index is 12.5. The van der Waals surface area contributed by atoms with Gasteiger partial charge in [-0.1, -0.05) is 6.07 Å². The zero-order chi connectivity index (χ0) is 35.2. The van der Waals surface area contributed by atoms with Crippen LogP contribution in [0.4, 0.5) is 20.4 Å². The Bertz CT molecular complexity index is 1740. The van der Waals surface area contributed by atoms with Crippen LogP contribution in [0.3, 0.4) is 0 Å². The second-order valence-electron chi connectivity index (χ2n) is 13.2. The van der Waals surface area contributed by atoms with Crippen molar-refractivity contribution in [1.29, 1.82) is 5.26 Å². The number of tetrazole rings is 1. The molecule has 51 heavy (non-hydrogen) atoms. The number of hydrogen-bond donors (Lipinski definition) is 1. The molecule has 5 heterocycles. The highest BCUT2D eigenvalue weighted by Gasteiger charge is 2.42. The van der Waals surface area contributed by atoms with Crippen molar-refractivity contribution >= 4 is 11.6 Å². The SMILES string of the molecule is CC(Cn1cnnn1)Oc1cc(-c2cnc(Nc3cn(C4CCC(N5[C@@H]6CC[C@H]5COC6)CC4)nc3OCCCOC(F)F)nc2)ccc1C#N. The van der Waals surface area contributed by atoms with Crippen molar-refractivity contribution in [1.82, 2.24) is 44.9 Å². The molecule has 4 aromatic rings. The van der Waals surface area contributed by atoms with Crippen molar-refractivity contribution in [2.24, 2.45) is 0 Å². The first kappa shape index (κ1) is 34.6. The Kier molecular flexibility index (Phi) is 10.9. The Morgan fingerprint density at radius 2 is 1.75 bits per heavy atom. The second-order valence-corrected chi connectivity index (χ2v) is 13.2. The molecule has 1 aliphatic carbocycles. The van der Waals surface area contributed by atoms with E-state index in [1.165, 1.54) is 19.2 Å². The van der Waals surface area contributed by atoms with E-state index in [-0.39, 0.29) is 31.8 Å². The predicted octanol–water partition coefficient (Wildman–Crippen LogP) is 4.76. The third-order valence-corrected chi connectivity index (χ3v) is 9.73. The third-order valence-electron chi connectivity index (χ3n) is 9.73. The highest BCUT2D eigenvalue weighted by molar-refractivity contribution is 5.67. The van der Waals surface area contributed by atoms with Crippen LogP contribution in [0.2, 0.25) is 0 Å². The number of anilines is 2. The molecule has 270 valence electrons. The van der Waals surface area contributed by atoms with E-state index in [9.17, 15) is 14.0 Å². The van der Waals surface area contributed by atoms with Crippen molar-refractivity contribution in [2.75, 3.05) is 31.7 Å². The topological polar surface area (TPSA) is 163 Å². The molecule has 0 amide bonds. The number of nitriles is 1. The molecule has 2 bridgehead atoms. The van der Waals surface area contributed by atoms with Crippen LogP contribution in [-0.4, -0.2) is 102 Å². The number of rotatable bonds is 15. The lowest BCUT2D eigenvalue weighted by Gasteiger charge is -2.43. The van der Waals surface area contributed by atoms with Crippen LogP contribution in [-0.2, 0) is 16.0 Å². The number of nitrogens with one attached hydrogen (secondary N) is 1. The quantitative estimate of drug-likeness (QED) is 0.169. The lowest BCUT2D eigenvalue weighted by molar-refractivity contribution is -0.130. The summed E-state index contributed by atoms with van der Waals surface area (Å²) in [6, 6.07) is 9.31. The number of benzene rings is 1. The fourth-order valence-electron chi connectivity index (χ4n) is 7.37. The van der Waals surface area contributed by atoms with E-state index in [0.29, 0.717) is 53.5 Å². The van der Waals surface area contributed by atoms with E-state index >= 15 is 0 Å². The van der Waals surface area contributed by atoms with E-state index in [4.69, 9.17) is 19.3 Å². The monoisotopic (exact) mass is 705 g/mol. The highest BCUT2D eigenvalue weighted by Crippen LogP contribution is 2.39. The lowest BCUT2D eigenvalue weighted by atomic mass is 9.89. The van der Waals surface area contributed by atoms with Gasteiger partial charge in [0.05, 0.1) is 50.8 Å². The molecule has 3 aromatic heterocycles. The fourth-order valence-corrected chi connectivity index (χ4v) is 7.37. The van der Waals surface area contributed by atoms with Gasteiger partial charge in [-0.2, -0.15) is 14.0 Å². The first-order valence-corrected chi connectivity index (χ1v) is 17.4. The number of nitrogens with zero attached hydrogens (tertiary/aromatic N) is 10. The van der Waals surface area contributed by atoms with Gasteiger partial charge in [-0.25, -0.2) is 14.6 Å². The number of ether oxygens (including phenoxy) is 4. The van der Waals surface area contributed by atoms with Gasteiger partial charge in [0, 0.05) is 42.5 Å². The maximum absolute atomic E-state index is 12.5. The minimum absolute atomic E-state index is 0.125. The summed E-state index contributed by atoms with van der Waals surface area (Å²) in [4.78, 5) is 11.8. The van der Waals surface area contributed by atoms with E-state index < -0.39 is 6.61 Å². The number of morpholine rings is 1. The summed E-state index contributed by atoms with van der Waals surface area (Å²) in [7, 11) is 0. The van der Waals surface area contributed by atoms with Gasteiger partial charge in [-0.05, 0) is 73.6 Å². The van der Waals surface area contributed by atoms with Crippen LogP contribution < -0.4 is 14.8 Å². The van der Waals surface area contributed by atoms with Gasteiger partial charge < -0.3 is 24.3 Å². The molecule has 17 heteroatoms. The minimum Gasteiger partial charge on any atom is -0.487 e. The van der Waals surface area contributed by atoms with Crippen molar-refractivity contribution < 1.29 is 27.7 Å². The Labute approximate surface area is 293 Å². The van der Waals surface area contributed by atoms with Gasteiger partial charge in [-0.3, -0.25) is 9.58 Å². The number of fused-ring (bicyclic) bond motifs is 2. The molecule has 0 spiro atoms. The molecule has 3 fully saturated rings. The van der Waals surface area contributed by atoms with Crippen molar-refractivity contribution in [3.8, 4) is 28.8 Å². The first-order chi connectivity index (χ1) is 24.9. The summed E-state index contributed by atoms with van der Waals surface area (Å²) in [6.07, 6.45) is 13.3. The van der Waals surface area contributed by atoms with Gasteiger partial charge in [0.2, 0.25) is 5.95 Å². The first-order valence-electron chi connectivity index (χ1n) is 17.4. The predicted molar refractivity (Wildman–Crippen MR) is 178 cm³/mol. The largest absolute Gasteiger partial charge is 0.487 e. The van der Waals surface area contributed by atoms with Gasteiger partial charge in [0.15, 0.2) is 0 Å². The van der Waals surface area contributed by atoms with Crippen molar-refractivity contribution in [2.45, 2.75) is 95.3 Å². The third kappa shape index (κ3) is 8.41. The second kappa shape index (κ2) is 16.0. The number of halogens is 2. The zero-order valence-corrected chi connectivity index (χ0v) is 28.4. The van der Waals surface area contributed by atoms with Gasteiger partial charge in [0.1, 0.15) is 29.9 Å². The van der Waals surface area contributed by atoms with Crippen molar-refractivity contribution in [3.63, 3.8) is 0 Å². The highest BCUT2D eigenvalue weighted by atomic mass is 19.3. The standard InChI is InChI=1S/C34H41F2N11O4/c1-22(17-45-21-40-43-44-45)51-31-13-23(3-4-24(31)14-37)25-15-38-34(39-16-25)41-30-18-46(42-32(30)49-11-2-12-50-33(35)36)26-5-7-27(8-6-26)47-28-9-10-29(47)20-48-19-28/h3-4,13,15-16,18,21-22,26-29,33H,2,5-12,17,19-20H2,1H3,(H,38,39,41)/t22?,26?,27?,28-,29+. The Morgan fingerprint density at radius 3 is 2.45 bits per heavy atom. The molecule has 15 nitrogen and oxygen atoms in total. The molecular formula is C34H41F2N11O4. The Morgan fingerprint density at radius 1 is 1.00 bits per heavy atom. The van der Waals surface area contributed by atoms with Crippen LogP contribution in [0.1, 0.15) is 63.5 Å². The zero-order valence-electron chi connectivity index (χ0n) is 28.4. The van der Waals surface area contributed by atoms with Crippen LogP contribution >= 0.6 is 0 Å². The number of alkyl halides is 2. The van der Waals surface area contributed by atoms with E-state index in [2.05, 4.69) is 46.5 Å². The van der Waals surface area contributed by atoms with Crippen LogP contribution in [0.5, 0.6) is 11.6 Å². The molecule has 3 atom stereocenters. The molecule has 7 rings (SSSR count).